The number of nitrogens with zero attached hydrogens (tertiary/aromatic N) is 1. The van der Waals surface area contributed by atoms with E-state index in [1.54, 1.807) is 19.9 Å². The van der Waals surface area contributed by atoms with Crippen LogP contribution in [0.3, 0.4) is 0 Å². The molecule has 1 aromatic carbocycles. The zero-order valence-corrected chi connectivity index (χ0v) is 22.7. The molecule has 12 nitrogen and oxygen atoms in total. The first-order chi connectivity index (χ1) is 18.0. The fourth-order valence-electron chi connectivity index (χ4n) is 4.04. The molecule has 0 unspecified atom stereocenters. The molecular weight excluding hydrogens is 517 g/mol. The van der Waals surface area contributed by atoms with Crippen LogP contribution in [0.4, 0.5) is 0 Å². The van der Waals surface area contributed by atoms with Crippen molar-refractivity contribution in [2.75, 3.05) is 13.3 Å². The monoisotopic (exact) mass is 554 g/mol. The number of unbranched alkanes of at least 4 members (excludes halogenated alkanes) is 2. The summed E-state index contributed by atoms with van der Waals surface area (Å²) in [6.07, 6.45) is 4.06. The molecule has 1 aromatic heterocycles. The van der Waals surface area contributed by atoms with Gasteiger partial charge in [0.15, 0.2) is 5.76 Å². The molecule has 13 heteroatoms. The summed E-state index contributed by atoms with van der Waals surface area (Å²) in [6.45, 7) is 5.65. The summed E-state index contributed by atoms with van der Waals surface area (Å²) in [7, 11) is -4.56. The molecule has 2 aromatic rings. The maximum Gasteiger partial charge on any atom is 0.370 e. The van der Waals surface area contributed by atoms with Crippen LogP contribution in [-0.2, 0) is 9.36 Å². The second-order valence-electron chi connectivity index (χ2n) is 8.65. The average molecular weight is 555 g/mol. The highest BCUT2D eigenvalue weighted by atomic mass is 31.2. The Bertz CT molecular complexity index is 1160. The number of hydrogen-bond donors (Lipinski definition) is 6. The van der Waals surface area contributed by atoms with Crippen LogP contribution in [-0.4, -0.2) is 62.4 Å². The van der Waals surface area contributed by atoms with E-state index in [0.717, 1.165) is 19.3 Å². The van der Waals surface area contributed by atoms with Gasteiger partial charge in [-0.3, -0.25) is 19.4 Å². The second kappa shape index (κ2) is 14.6. The second-order valence-corrected chi connectivity index (χ2v) is 10.3. The van der Waals surface area contributed by atoms with Crippen LogP contribution in [0.5, 0.6) is 5.75 Å². The number of amides is 2. The number of aliphatic hydroxyl groups is 1. The fraction of sp³-hybridized carbons (Fsp3) is 0.480. The molecule has 0 aliphatic rings. The molecule has 0 radical (unpaired) electrons. The minimum absolute atomic E-state index is 0.0730. The Morgan fingerprint density at radius 2 is 1.87 bits per heavy atom. The number of hydrogen-bond acceptors (Lipinski definition) is 6. The van der Waals surface area contributed by atoms with Crippen LogP contribution in [0.2, 0.25) is 0 Å². The molecule has 0 aliphatic heterocycles. The smallest absolute Gasteiger partial charge is 0.370 e. The highest BCUT2D eigenvalue weighted by Crippen LogP contribution is 2.37. The Morgan fingerprint density at radius 3 is 2.47 bits per heavy atom. The van der Waals surface area contributed by atoms with Gasteiger partial charge in [-0.25, -0.2) is 0 Å². The molecule has 6 N–H and O–H groups in total. The van der Waals surface area contributed by atoms with Crippen molar-refractivity contribution in [2.24, 2.45) is 5.92 Å². The minimum Gasteiger partial charge on any atom is -0.494 e. The highest BCUT2D eigenvalue weighted by Gasteiger charge is 2.35. The zero-order chi connectivity index (χ0) is 28.3. The van der Waals surface area contributed by atoms with Crippen LogP contribution in [0.15, 0.2) is 34.7 Å². The molecule has 0 aliphatic carbocycles. The van der Waals surface area contributed by atoms with Crippen molar-refractivity contribution in [3.8, 4) is 17.1 Å². The number of ether oxygens (including phenoxy) is 1. The molecule has 2 amide bonds. The van der Waals surface area contributed by atoms with Crippen LogP contribution >= 0.6 is 7.60 Å². The van der Waals surface area contributed by atoms with Gasteiger partial charge in [-0.15, -0.1) is 0 Å². The van der Waals surface area contributed by atoms with Gasteiger partial charge < -0.3 is 34.7 Å². The summed E-state index contributed by atoms with van der Waals surface area (Å²) in [5.41, 5.74) is 0.316. The van der Waals surface area contributed by atoms with Crippen molar-refractivity contribution >= 4 is 31.1 Å². The van der Waals surface area contributed by atoms with Gasteiger partial charge in [0.2, 0.25) is 11.9 Å². The van der Waals surface area contributed by atoms with Gasteiger partial charge in [-0.1, -0.05) is 33.1 Å². The van der Waals surface area contributed by atoms with Gasteiger partial charge in [0.1, 0.15) is 17.4 Å². The lowest BCUT2D eigenvalue weighted by atomic mass is 9.91. The number of hydroxylamine groups is 1. The van der Waals surface area contributed by atoms with Crippen LogP contribution in [0, 0.1) is 5.92 Å². The lowest BCUT2D eigenvalue weighted by Crippen LogP contribution is -2.46. The Hall–Kier alpha value is -3.34. The Balaban J connectivity index is 2.09. The number of carbonyl (C=O) groups excluding carboxylic acids is 2. The van der Waals surface area contributed by atoms with Crippen LogP contribution in [0.1, 0.15) is 63.4 Å². The van der Waals surface area contributed by atoms with Gasteiger partial charge in [0, 0.05) is 16.7 Å². The molecule has 38 heavy (non-hydrogen) atoms. The summed E-state index contributed by atoms with van der Waals surface area (Å²) in [5, 5.41) is 24.1. The molecule has 210 valence electrons. The van der Waals surface area contributed by atoms with E-state index in [1.165, 1.54) is 24.3 Å². The zero-order valence-electron chi connectivity index (χ0n) is 21.8. The van der Waals surface area contributed by atoms with E-state index in [9.17, 15) is 34.3 Å². The summed E-state index contributed by atoms with van der Waals surface area (Å²) >= 11 is 0. The van der Waals surface area contributed by atoms with Crippen molar-refractivity contribution < 1.29 is 48.1 Å². The molecule has 0 spiro atoms. The van der Waals surface area contributed by atoms with Gasteiger partial charge in [0.25, 0.3) is 5.91 Å². The largest absolute Gasteiger partial charge is 0.494 e. The highest BCUT2D eigenvalue weighted by molar-refractivity contribution is 7.60. The number of aliphatic hydroxyl groups excluding tert-OH is 1. The normalized spacial score (nSPS) is 13.6. The quantitative estimate of drug-likeness (QED) is 0.0282. The topological polar surface area (TPSA) is 182 Å². The lowest BCUT2D eigenvalue weighted by molar-refractivity contribution is -0.803. The summed E-state index contributed by atoms with van der Waals surface area (Å²) < 4.78 is 23.4. The Morgan fingerprint density at radius 1 is 1.13 bits per heavy atom. The summed E-state index contributed by atoms with van der Waals surface area (Å²) in [4.78, 5) is 44.6. The summed E-state index contributed by atoms with van der Waals surface area (Å²) in [5.74, 6) is -1.25. The van der Waals surface area contributed by atoms with Crippen molar-refractivity contribution in [3.63, 3.8) is 0 Å². The van der Waals surface area contributed by atoms with E-state index in [1.807, 2.05) is 6.92 Å². The van der Waals surface area contributed by atoms with Crippen molar-refractivity contribution in [3.05, 3.63) is 36.1 Å². The third-order valence-electron chi connectivity index (χ3n) is 5.96. The number of carbonyl (C=O) groups is 2. The lowest BCUT2D eigenvalue weighted by Gasteiger charge is -2.20. The maximum atomic E-state index is 12.9. The van der Waals surface area contributed by atoms with Crippen molar-refractivity contribution in [2.45, 2.75) is 58.9 Å². The molecule has 1 heterocycles. The third kappa shape index (κ3) is 8.61. The standard InChI is InChI=1S/C25H36N3O9P/c1-4-7-8-9-20(21(5-2)28(32)16-29)24(30)26-15-27-25(31)23-11-10-22(37-23)17-12-18(36-6-3)14-19(13-17)38(33,34)35/h10-14,16,20-21,32H,4-9,15H2,1-3H3,(H4,26,27,30,31,33,34,35)/p+1/t20-,21-/m1/s1. The molecule has 2 atom stereocenters. The first kappa shape index (κ1) is 30.9. The maximum absolute atomic E-state index is 12.9. The van der Waals surface area contributed by atoms with E-state index >= 15 is 0 Å². The van der Waals surface area contributed by atoms with Gasteiger partial charge in [-0.05, 0) is 43.7 Å². The molecular formula is C25H37N3O9P+. The first-order valence-corrected chi connectivity index (χ1v) is 14.1. The van der Waals surface area contributed by atoms with Crippen molar-refractivity contribution in [1.29, 1.82) is 0 Å². The predicted molar refractivity (Wildman–Crippen MR) is 140 cm³/mol. The number of furan rings is 1. The van der Waals surface area contributed by atoms with E-state index in [-0.39, 0.29) is 41.8 Å². The van der Waals surface area contributed by atoms with E-state index in [2.05, 4.69) is 10.6 Å². The van der Waals surface area contributed by atoms with E-state index in [0.29, 0.717) is 29.5 Å². The Labute approximate surface area is 221 Å². The predicted octanol–water partition coefficient (Wildman–Crippen LogP) is 2.91. The van der Waals surface area contributed by atoms with E-state index < -0.39 is 25.5 Å². The SMILES string of the molecule is CCCCC[C@@H](C(=O)NCNC(=O)c1ccc(-c2cc(OCC)cc(P(=O)(O)O)c2)o1)[C@@H](CC)[N+](O)=CO. The number of benzene rings is 1. The Kier molecular flexibility index (Phi) is 11.8. The molecule has 2 rings (SSSR count). The van der Waals surface area contributed by atoms with E-state index in [4.69, 9.17) is 9.15 Å². The van der Waals surface area contributed by atoms with Gasteiger partial charge in [-0.2, -0.15) is 0 Å². The van der Waals surface area contributed by atoms with Crippen LogP contribution < -0.4 is 20.7 Å². The molecule has 0 fully saturated rings. The van der Waals surface area contributed by atoms with Crippen molar-refractivity contribution in [1.82, 2.24) is 10.6 Å². The van der Waals surface area contributed by atoms with Gasteiger partial charge >= 0.3 is 14.0 Å². The molecule has 0 bridgehead atoms. The number of nitrogens with one attached hydrogen (secondary N) is 2. The minimum atomic E-state index is -4.56. The fourth-order valence-corrected chi connectivity index (χ4v) is 4.65. The summed E-state index contributed by atoms with van der Waals surface area (Å²) in [6, 6.07) is 6.31. The average Bonchev–Trinajstić information content (AvgIpc) is 3.38. The third-order valence-corrected chi connectivity index (χ3v) is 6.89. The first-order valence-electron chi connectivity index (χ1n) is 12.5. The van der Waals surface area contributed by atoms with Gasteiger partial charge in [0.05, 0.1) is 18.6 Å². The number of rotatable bonds is 15. The van der Waals surface area contributed by atoms with Crippen LogP contribution in [0.25, 0.3) is 11.3 Å². The molecule has 0 saturated heterocycles. The molecule has 0 saturated carbocycles.